The number of hydrogen-bond acceptors (Lipinski definition) is 11. The summed E-state index contributed by atoms with van der Waals surface area (Å²) < 4.78 is 67.6. The topological polar surface area (TPSA) is 192 Å². The van der Waals surface area contributed by atoms with Crippen LogP contribution in [0.1, 0.15) is 96.7 Å². The Labute approximate surface area is 395 Å². The van der Waals surface area contributed by atoms with Crippen molar-refractivity contribution < 1.29 is 55.2 Å². The maximum absolute atomic E-state index is 15.5. The van der Waals surface area contributed by atoms with E-state index in [1.807, 2.05) is 57.2 Å². The van der Waals surface area contributed by atoms with Crippen molar-refractivity contribution in [3.05, 3.63) is 60.4 Å². The molecule has 5 fully saturated rings. The lowest BCUT2D eigenvalue weighted by Crippen LogP contribution is -2.59. The van der Waals surface area contributed by atoms with Crippen LogP contribution in [0.3, 0.4) is 0 Å². The minimum atomic E-state index is -3.96. The number of aromatic nitrogens is 1. The molecular formula is C50H68FN5O10S. The lowest BCUT2D eigenvalue weighted by Gasteiger charge is -2.33. The van der Waals surface area contributed by atoms with Gasteiger partial charge in [-0.25, -0.2) is 22.6 Å². The van der Waals surface area contributed by atoms with Gasteiger partial charge in [0, 0.05) is 27.6 Å². The molecule has 366 valence electrons. The average Bonchev–Trinajstić information content (AvgIpc) is 4.24. The van der Waals surface area contributed by atoms with E-state index in [4.69, 9.17) is 23.9 Å². The quantitative estimate of drug-likeness (QED) is 0.161. The van der Waals surface area contributed by atoms with E-state index >= 15 is 9.18 Å². The zero-order chi connectivity index (χ0) is 47.5. The van der Waals surface area contributed by atoms with Crippen molar-refractivity contribution in [1.82, 2.24) is 25.2 Å². The van der Waals surface area contributed by atoms with Crippen LogP contribution in [0.15, 0.2) is 54.6 Å². The molecule has 67 heavy (non-hydrogen) atoms. The summed E-state index contributed by atoms with van der Waals surface area (Å²) in [5, 5.41) is 6.04. The van der Waals surface area contributed by atoms with E-state index in [9.17, 15) is 22.8 Å². The number of allylic oxidation sites excluding steroid dienone is 1. The van der Waals surface area contributed by atoms with Crippen LogP contribution in [0.4, 0.5) is 9.18 Å². The van der Waals surface area contributed by atoms with Crippen molar-refractivity contribution in [2.45, 2.75) is 134 Å². The largest absolute Gasteiger partial charge is 0.494 e. The molecule has 4 aliphatic carbocycles. The number of carbonyl (C=O) groups is 4. The Morgan fingerprint density at radius 3 is 2.40 bits per heavy atom. The molecule has 17 heteroatoms. The summed E-state index contributed by atoms with van der Waals surface area (Å²) in [5.74, 6) is -1.03. The zero-order valence-corrected chi connectivity index (χ0v) is 39.8. The van der Waals surface area contributed by atoms with E-state index in [0.29, 0.717) is 71.2 Å². The van der Waals surface area contributed by atoms with Crippen LogP contribution in [0.2, 0.25) is 0 Å². The summed E-state index contributed by atoms with van der Waals surface area (Å²) in [4.78, 5) is 64.0. The predicted molar refractivity (Wildman–Crippen MR) is 253 cm³/mol. The van der Waals surface area contributed by atoms with E-state index in [-0.39, 0.29) is 59.3 Å². The van der Waals surface area contributed by atoms with Crippen molar-refractivity contribution in [2.75, 3.05) is 13.7 Å². The molecule has 4 amide bonds. The highest BCUT2D eigenvalue weighted by Gasteiger charge is 2.62. The Morgan fingerprint density at radius 1 is 0.985 bits per heavy atom. The molecular weight excluding hydrogens is 882 g/mol. The van der Waals surface area contributed by atoms with E-state index < -0.39 is 74.5 Å². The van der Waals surface area contributed by atoms with Gasteiger partial charge in [-0.05, 0) is 143 Å². The van der Waals surface area contributed by atoms with Crippen LogP contribution < -0.4 is 29.6 Å². The van der Waals surface area contributed by atoms with Crippen LogP contribution in [0.5, 0.6) is 17.4 Å². The third kappa shape index (κ3) is 9.80. The first kappa shape index (κ1) is 46.7. The highest BCUT2D eigenvalue weighted by molar-refractivity contribution is 7.91. The number of hydrogen-bond donors (Lipinski definition) is 3. The highest BCUT2D eigenvalue weighted by atomic mass is 32.2. The van der Waals surface area contributed by atoms with Gasteiger partial charge in [0.2, 0.25) is 27.7 Å². The number of sulfonamides is 1. The molecule has 9 atom stereocenters. The summed E-state index contributed by atoms with van der Waals surface area (Å²) in [6.07, 6.45) is 6.44. The number of alkyl carbamates (subject to hydrolysis) is 1. The number of benzene rings is 2. The Morgan fingerprint density at radius 2 is 1.72 bits per heavy atom. The summed E-state index contributed by atoms with van der Waals surface area (Å²) in [7, 11) is -2.59. The molecule has 3 aromatic rings. The molecule has 6 aliphatic rings. The summed E-state index contributed by atoms with van der Waals surface area (Å²) in [5.41, 5.74) is -0.370. The summed E-state index contributed by atoms with van der Waals surface area (Å²) in [6.45, 7) is 9.92. The number of carbonyl (C=O) groups excluding carboxylic acids is 4. The van der Waals surface area contributed by atoms with Crippen LogP contribution >= 0.6 is 0 Å². The van der Waals surface area contributed by atoms with Gasteiger partial charge in [0.15, 0.2) is 11.6 Å². The van der Waals surface area contributed by atoms with Crippen molar-refractivity contribution in [3.8, 4) is 28.6 Å². The molecule has 1 saturated heterocycles. The molecule has 0 spiro atoms. The standard InChI is InChI=1S/C50H62FN5O10S.3H2/c1-26(2)64-33-13-11-30(12-14-33)41-18-31-19-43(63-6)40(51)23-39(31)46(52-41)65-35-22-42-45(57)54-50(48(59)55-67(61,62)36-15-16-36)24-32(50)10-8-7-9-27(3)17-28(4)44(47(58)56(42)25-35)53-49(60)66-34-20-37-29(5)38(37)21-34;;;/h8,10-14,18-19,23,26-29,32,34-38,42,44H,7,9,15-17,20-22,24-25H2,1-6H3,(H,53,60)(H,54,57)(H,55,59);3*1H/b10-8-;;;/t27-,28+,29?,32+,34?,35+,37?,38?,42-,44?,50+;;;/m0.../s1. The third-order valence-electron chi connectivity index (χ3n) is 14.9. The predicted octanol–water partition coefficient (Wildman–Crippen LogP) is 7.56. The van der Waals surface area contributed by atoms with E-state index in [1.165, 1.54) is 18.1 Å². The number of amides is 4. The van der Waals surface area contributed by atoms with Gasteiger partial charge in [0.05, 0.1) is 30.7 Å². The van der Waals surface area contributed by atoms with Crippen LogP contribution in [-0.2, 0) is 29.1 Å². The van der Waals surface area contributed by atoms with Gasteiger partial charge in [0.1, 0.15) is 35.6 Å². The first-order valence-corrected chi connectivity index (χ1v) is 25.4. The second kappa shape index (κ2) is 18.2. The number of rotatable bonds is 11. The van der Waals surface area contributed by atoms with Crippen molar-refractivity contribution in [2.24, 2.45) is 35.5 Å². The van der Waals surface area contributed by atoms with Crippen molar-refractivity contribution in [1.29, 1.82) is 0 Å². The highest BCUT2D eigenvalue weighted by Crippen LogP contribution is 2.57. The van der Waals surface area contributed by atoms with Crippen LogP contribution in [0, 0.1) is 41.3 Å². The molecule has 1 aromatic heterocycles. The number of nitrogens with zero attached hydrogens (tertiary/aromatic N) is 2. The second-order valence-electron chi connectivity index (χ2n) is 20.3. The van der Waals surface area contributed by atoms with E-state index in [0.717, 1.165) is 19.3 Å². The molecule has 3 N–H and O–H groups in total. The molecule has 3 heterocycles. The molecule has 0 bridgehead atoms. The number of halogens is 1. The fraction of sp³-hybridized carbons (Fsp3) is 0.580. The summed E-state index contributed by atoms with van der Waals surface area (Å²) in [6, 6.07) is 9.64. The van der Waals surface area contributed by atoms with Gasteiger partial charge >= 0.3 is 6.09 Å². The smallest absolute Gasteiger partial charge is 0.408 e. The van der Waals surface area contributed by atoms with Gasteiger partial charge in [-0.15, -0.1) is 0 Å². The Balaban J connectivity index is 0.00000268. The Hall–Kier alpha value is -5.45. The van der Waals surface area contributed by atoms with Gasteiger partial charge in [0.25, 0.3) is 5.91 Å². The van der Waals surface area contributed by atoms with Gasteiger partial charge < -0.3 is 34.5 Å². The van der Waals surface area contributed by atoms with Crippen molar-refractivity contribution >= 4 is 44.6 Å². The average molecular weight is 950 g/mol. The van der Waals surface area contributed by atoms with Crippen LogP contribution in [0.25, 0.3) is 22.0 Å². The SMILES string of the molecule is COc1cc2cc(-c3ccc(OC(C)C)cc3)nc(O[C@@H]3C[C@H]4C(=O)N[C@]5(C(=O)NS(=O)(=O)C6CC6)C[C@H]5/C=C\CC[C@H](C)C[C@@H](C)C(NC(=O)OC5CC6C(C)C6C5)C(=O)N4C3)c2cc1F.[HH].[HH].[HH]. The normalized spacial score (nSPS) is 32.1. The lowest BCUT2D eigenvalue weighted by molar-refractivity contribution is -0.142. The Bertz CT molecular complexity index is 2580. The molecule has 15 nitrogen and oxygen atoms in total. The minimum Gasteiger partial charge on any atom is -0.494 e. The Kier molecular flexibility index (Phi) is 12.7. The molecule has 9 rings (SSSR count). The second-order valence-corrected chi connectivity index (χ2v) is 22.2. The maximum atomic E-state index is 15.5. The zero-order valence-electron chi connectivity index (χ0n) is 39.0. The molecule has 4 saturated carbocycles. The number of nitrogens with one attached hydrogen (secondary N) is 3. The fourth-order valence-corrected chi connectivity index (χ4v) is 12.1. The number of ether oxygens (including phenoxy) is 4. The number of methoxy groups -OCH3 is 1. The first-order chi connectivity index (χ1) is 31.9. The fourth-order valence-electron chi connectivity index (χ4n) is 10.8. The van der Waals surface area contributed by atoms with E-state index in [2.05, 4.69) is 29.2 Å². The van der Waals surface area contributed by atoms with E-state index in [1.54, 1.807) is 12.1 Å². The molecule has 3 unspecified atom stereocenters. The number of pyridine rings is 1. The van der Waals surface area contributed by atoms with Gasteiger partial charge in [-0.2, -0.15) is 0 Å². The lowest BCUT2D eigenvalue weighted by atomic mass is 9.88. The molecule has 2 aromatic carbocycles. The van der Waals surface area contributed by atoms with Crippen molar-refractivity contribution in [3.63, 3.8) is 0 Å². The summed E-state index contributed by atoms with van der Waals surface area (Å²) >= 11 is 0. The first-order valence-electron chi connectivity index (χ1n) is 23.9. The monoisotopic (exact) mass is 949 g/mol. The van der Waals surface area contributed by atoms with Crippen LogP contribution in [-0.4, -0.2) is 97.0 Å². The third-order valence-corrected chi connectivity index (χ3v) is 16.7. The minimum absolute atomic E-state index is 0. The van der Waals surface area contributed by atoms with Gasteiger partial charge in [-0.1, -0.05) is 32.9 Å². The van der Waals surface area contributed by atoms with Gasteiger partial charge in [-0.3, -0.25) is 19.1 Å². The number of fused-ring (bicyclic) bond motifs is 4. The molecule has 2 aliphatic heterocycles. The maximum Gasteiger partial charge on any atom is 0.408 e. The molecule has 0 radical (unpaired) electrons.